The molecule has 7 nitrogen and oxygen atoms in total. The highest BCUT2D eigenvalue weighted by Gasteiger charge is 2.27. The van der Waals surface area contributed by atoms with E-state index >= 15 is 0 Å². The number of ether oxygens (including phenoxy) is 1. The van der Waals surface area contributed by atoms with Gasteiger partial charge in [0.1, 0.15) is 11.4 Å². The van der Waals surface area contributed by atoms with Crippen molar-refractivity contribution in [3.05, 3.63) is 99.6 Å². The second kappa shape index (κ2) is 11.5. The number of amides is 1. The maximum atomic E-state index is 12.3. The van der Waals surface area contributed by atoms with Gasteiger partial charge in [0.15, 0.2) is 0 Å². The molecule has 1 aliphatic heterocycles. The minimum absolute atomic E-state index is 0.0449. The van der Waals surface area contributed by atoms with E-state index < -0.39 is 0 Å². The predicted octanol–water partition coefficient (Wildman–Crippen LogP) is 6.20. The van der Waals surface area contributed by atoms with Gasteiger partial charge in [0.05, 0.1) is 12.0 Å². The van der Waals surface area contributed by atoms with Crippen LogP contribution in [-0.2, 0) is 11.2 Å². The van der Waals surface area contributed by atoms with Crippen LogP contribution in [-0.4, -0.2) is 31.0 Å². The Labute approximate surface area is 211 Å². The van der Waals surface area contributed by atoms with Gasteiger partial charge in [0, 0.05) is 30.9 Å². The summed E-state index contributed by atoms with van der Waals surface area (Å²) in [6.07, 6.45) is 5.70. The van der Waals surface area contributed by atoms with Crippen molar-refractivity contribution < 1.29 is 14.5 Å². The van der Waals surface area contributed by atoms with Crippen molar-refractivity contribution >= 4 is 29.0 Å². The number of nitrogens with one attached hydrogen (secondary N) is 1. The Kier molecular flexibility index (Phi) is 8.00. The molecule has 7 heteroatoms. The third-order valence-corrected chi connectivity index (χ3v) is 6.67. The van der Waals surface area contributed by atoms with Crippen LogP contribution in [0.1, 0.15) is 42.4 Å². The monoisotopic (exact) mass is 485 g/mol. The quantitative estimate of drug-likeness (QED) is 0.233. The van der Waals surface area contributed by atoms with Crippen molar-refractivity contribution in [1.29, 1.82) is 0 Å². The van der Waals surface area contributed by atoms with Crippen molar-refractivity contribution in [1.82, 2.24) is 0 Å². The molecule has 1 heterocycles. The van der Waals surface area contributed by atoms with E-state index in [1.54, 1.807) is 19.3 Å². The number of hydrogen-bond donors (Lipinski definition) is 1. The van der Waals surface area contributed by atoms with E-state index in [1.807, 2.05) is 48.5 Å². The molecule has 3 aromatic rings. The first-order valence-corrected chi connectivity index (χ1v) is 12.2. The van der Waals surface area contributed by atoms with Crippen LogP contribution in [0.25, 0.3) is 6.08 Å². The molecule has 4 rings (SSSR count). The number of aryl methyl sites for hydroxylation is 1. The van der Waals surface area contributed by atoms with E-state index in [1.165, 1.54) is 23.3 Å². The second-order valence-corrected chi connectivity index (χ2v) is 8.88. The topological polar surface area (TPSA) is 84.7 Å². The molecule has 1 fully saturated rings. The number of carbonyl (C=O) groups is 1. The maximum absolute atomic E-state index is 12.3. The highest BCUT2D eigenvalue weighted by molar-refractivity contribution is 6.02. The molecule has 0 radical (unpaired) electrons. The Balaban J connectivity index is 1.43. The molecule has 0 spiro atoms. The number of nitro benzene ring substituents is 1. The number of nitro groups is 1. The first kappa shape index (κ1) is 25.0. The first-order valence-electron chi connectivity index (χ1n) is 12.2. The molecular weight excluding hydrogens is 454 g/mol. The van der Waals surface area contributed by atoms with Gasteiger partial charge in [-0.25, -0.2) is 0 Å². The number of nitrogens with zero attached hydrogens (tertiary/aromatic N) is 2. The SMILES string of the molecule is CCc1ccc(NC(=O)/C=C\c2ccc(N3CCC(c4ccccc4OC)CC3)c([N+](=O)[O-])c2)cc1. The minimum Gasteiger partial charge on any atom is -0.496 e. The highest BCUT2D eigenvalue weighted by atomic mass is 16.6. The number of rotatable bonds is 8. The third-order valence-electron chi connectivity index (χ3n) is 6.67. The van der Waals surface area contributed by atoms with Crippen molar-refractivity contribution in [2.24, 2.45) is 0 Å². The average Bonchev–Trinajstić information content (AvgIpc) is 2.92. The Morgan fingerprint density at radius 3 is 2.50 bits per heavy atom. The summed E-state index contributed by atoms with van der Waals surface area (Å²) in [5.74, 6) is 0.958. The number of methoxy groups -OCH3 is 1. The molecule has 1 N–H and O–H groups in total. The molecule has 186 valence electrons. The lowest BCUT2D eigenvalue weighted by atomic mass is 9.88. The molecule has 1 aliphatic rings. The summed E-state index contributed by atoms with van der Waals surface area (Å²) < 4.78 is 5.52. The van der Waals surface area contributed by atoms with Gasteiger partial charge in [0.25, 0.3) is 5.69 Å². The summed E-state index contributed by atoms with van der Waals surface area (Å²) in [5, 5.41) is 14.7. The summed E-state index contributed by atoms with van der Waals surface area (Å²) in [6.45, 7) is 3.51. The fraction of sp³-hybridized carbons (Fsp3) is 0.276. The van der Waals surface area contributed by atoms with Gasteiger partial charge in [-0.1, -0.05) is 43.3 Å². The molecular formula is C29H31N3O4. The van der Waals surface area contributed by atoms with Crippen molar-refractivity contribution in [2.75, 3.05) is 30.4 Å². The average molecular weight is 486 g/mol. The molecule has 0 unspecified atom stereocenters. The van der Waals surface area contributed by atoms with Gasteiger partial charge in [-0.05, 0) is 72.2 Å². The molecule has 36 heavy (non-hydrogen) atoms. The minimum atomic E-state index is -0.353. The van der Waals surface area contributed by atoms with E-state index in [0.29, 0.717) is 22.9 Å². The Morgan fingerprint density at radius 1 is 1.11 bits per heavy atom. The Morgan fingerprint density at radius 2 is 1.83 bits per heavy atom. The van der Waals surface area contributed by atoms with Crippen LogP contribution in [0.15, 0.2) is 72.8 Å². The molecule has 0 saturated carbocycles. The van der Waals surface area contributed by atoms with Crippen molar-refractivity contribution in [3.63, 3.8) is 0 Å². The molecule has 1 saturated heterocycles. The van der Waals surface area contributed by atoms with Crippen LogP contribution in [0.4, 0.5) is 17.1 Å². The summed E-state index contributed by atoms with van der Waals surface area (Å²) >= 11 is 0. The van der Waals surface area contributed by atoms with Crippen molar-refractivity contribution in [2.45, 2.75) is 32.1 Å². The summed E-state index contributed by atoms with van der Waals surface area (Å²) in [4.78, 5) is 25.9. The van der Waals surface area contributed by atoms with Gasteiger partial charge in [-0.3, -0.25) is 14.9 Å². The molecule has 0 bridgehead atoms. The molecule has 0 atom stereocenters. The first-order chi connectivity index (χ1) is 17.5. The Hall–Kier alpha value is -4.13. The van der Waals surface area contributed by atoms with E-state index in [4.69, 9.17) is 4.74 Å². The van der Waals surface area contributed by atoms with Gasteiger partial charge in [0.2, 0.25) is 5.91 Å². The van der Waals surface area contributed by atoms with Crippen LogP contribution in [0.2, 0.25) is 0 Å². The van der Waals surface area contributed by atoms with E-state index in [9.17, 15) is 14.9 Å². The predicted molar refractivity (Wildman–Crippen MR) is 144 cm³/mol. The molecule has 0 aliphatic carbocycles. The summed E-state index contributed by atoms with van der Waals surface area (Å²) in [7, 11) is 1.68. The maximum Gasteiger partial charge on any atom is 0.293 e. The van der Waals surface area contributed by atoms with E-state index in [2.05, 4.69) is 23.2 Å². The molecule has 3 aromatic carbocycles. The number of para-hydroxylation sites is 1. The smallest absolute Gasteiger partial charge is 0.293 e. The third kappa shape index (κ3) is 5.92. The van der Waals surface area contributed by atoms with Crippen LogP contribution in [0.3, 0.4) is 0 Å². The highest BCUT2D eigenvalue weighted by Crippen LogP contribution is 2.38. The Bertz CT molecular complexity index is 1250. The number of carbonyl (C=O) groups excluding carboxylic acids is 1. The number of benzene rings is 3. The van der Waals surface area contributed by atoms with Gasteiger partial charge >= 0.3 is 0 Å². The number of piperidine rings is 1. The number of anilines is 2. The van der Waals surface area contributed by atoms with Gasteiger partial charge in [-0.2, -0.15) is 0 Å². The van der Waals surface area contributed by atoms with E-state index in [0.717, 1.165) is 38.1 Å². The van der Waals surface area contributed by atoms with Crippen LogP contribution < -0.4 is 15.0 Å². The fourth-order valence-corrected chi connectivity index (χ4v) is 4.67. The standard InChI is InChI=1S/C29H31N3O4/c1-3-21-8-12-24(13-9-21)30-29(33)15-11-22-10-14-26(27(20-22)32(34)35)31-18-16-23(17-19-31)25-6-4-5-7-28(25)36-2/h4-15,20,23H,3,16-19H2,1-2H3,(H,30,33)/b15-11-. The summed E-state index contributed by atoms with van der Waals surface area (Å²) in [6, 6.07) is 20.8. The largest absolute Gasteiger partial charge is 0.496 e. The lowest BCUT2D eigenvalue weighted by Crippen LogP contribution is -2.33. The van der Waals surface area contributed by atoms with E-state index in [-0.39, 0.29) is 16.5 Å². The van der Waals surface area contributed by atoms with Gasteiger partial charge < -0.3 is 15.0 Å². The van der Waals surface area contributed by atoms with Crippen LogP contribution >= 0.6 is 0 Å². The molecule has 1 amide bonds. The van der Waals surface area contributed by atoms with Gasteiger partial charge in [-0.15, -0.1) is 0 Å². The zero-order valence-corrected chi connectivity index (χ0v) is 20.6. The second-order valence-electron chi connectivity index (χ2n) is 8.88. The lowest BCUT2D eigenvalue weighted by Gasteiger charge is -2.34. The number of hydrogen-bond acceptors (Lipinski definition) is 5. The molecule has 0 aromatic heterocycles. The van der Waals surface area contributed by atoms with Crippen molar-refractivity contribution in [3.8, 4) is 5.75 Å². The van der Waals surface area contributed by atoms with Crippen LogP contribution in [0, 0.1) is 10.1 Å². The fourth-order valence-electron chi connectivity index (χ4n) is 4.67. The zero-order chi connectivity index (χ0) is 25.5. The zero-order valence-electron chi connectivity index (χ0n) is 20.6. The lowest BCUT2D eigenvalue weighted by molar-refractivity contribution is -0.384. The summed E-state index contributed by atoms with van der Waals surface area (Å²) in [5.41, 5.74) is 4.35. The normalized spacial score (nSPS) is 14.1. The van der Waals surface area contributed by atoms with Crippen LogP contribution in [0.5, 0.6) is 5.75 Å².